The largest absolute Gasteiger partial charge is 0.117 e. The lowest BCUT2D eigenvalue weighted by atomic mass is 10.2. The Balaban J connectivity index is 3.24. The summed E-state index contributed by atoms with van der Waals surface area (Å²) < 4.78 is 0. The second-order valence-electron chi connectivity index (χ2n) is 2.89. The third-order valence-corrected chi connectivity index (χ3v) is 5.76. The number of rotatable bonds is 2. The van der Waals surface area contributed by atoms with E-state index in [1.807, 2.05) is 26.0 Å². The third kappa shape index (κ3) is 3.11. The molecule has 0 bridgehead atoms. The molecule has 0 N–H and O–H groups in total. The molecular weight excluding hydrogens is 300 g/mol. The Kier molecular flexibility index (Phi) is 5.26. The van der Waals surface area contributed by atoms with Crippen LogP contribution in [0.4, 0.5) is 0 Å². The van der Waals surface area contributed by atoms with Gasteiger partial charge in [-0.1, -0.05) is 45.0 Å². The summed E-state index contributed by atoms with van der Waals surface area (Å²) in [4.78, 5) is 0. The summed E-state index contributed by atoms with van der Waals surface area (Å²) in [6.07, 6.45) is 0. The zero-order valence-electron chi connectivity index (χ0n) is 7.56. The van der Waals surface area contributed by atoms with E-state index in [-0.39, 0.29) is 0 Å². The maximum atomic E-state index is 5.88. The van der Waals surface area contributed by atoms with Gasteiger partial charge in [0, 0.05) is 10.6 Å². The predicted molar refractivity (Wildman–Crippen MR) is 72.4 cm³/mol. The van der Waals surface area contributed by atoms with Gasteiger partial charge >= 0.3 is 0 Å². The molecule has 0 amide bonds. The molecule has 0 aliphatic heterocycles. The molecule has 0 unspecified atom stereocenters. The molecule has 6 heteroatoms. The summed E-state index contributed by atoms with van der Waals surface area (Å²) in [7, 11) is 0. The van der Waals surface area contributed by atoms with Crippen LogP contribution in [-0.4, -0.2) is 0 Å². The van der Waals surface area contributed by atoms with Crippen molar-refractivity contribution in [1.29, 1.82) is 0 Å². The van der Waals surface area contributed by atoms with Crippen LogP contribution >= 0.6 is 58.2 Å². The Bertz CT molecular complexity index is 305. The Morgan fingerprint density at radius 3 is 1.29 bits per heavy atom. The molecule has 0 atom stereocenters. The summed E-state index contributed by atoms with van der Waals surface area (Å²) in [5.41, 5.74) is 2.10. The van der Waals surface area contributed by atoms with Crippen LogP contribution in [0.1, 0.15) is 11.1 Å². The number of benzene rings is 1. The smallest absolute Gasteiger partial charge is 0.0727 e. The van der Waals surface area contributed by atoms with Crippen molar-refractivity contribution in [2.24, 2.45) is 0 Å². The quantitative estimate of drug-likeness (QED) is 0.664. The van der Waals surface area contributed by atoms with Gasteiger partial charge in [-0.05, 0) is 37.1 Å². The molecule has 0 fully saturated rings. The van der Waals surface area contributed by atoms with Crippen molar-refractivity contribution in [1.82, 2.24) is 0 Å². The fourth-order valence-corrected chi connectivity index (χ4v) is 4.58. The van der Waals surface area contributed by atoms with Crippen molar-refractivity contribution in [2.45, 2.75) is 13.8 Å². The predicted octanol–water partition coefficient (Wildman–Crippen LogP) is 5.13. The molecule has 0 saturated carbocycles. The van der Waals surface area contributed by atoms with Gasteiger partial charge in [-0.3, -0.25) is 0 Å². The van der Waals surface area contributed by atoms with Crippen LogP contribution in [0.15, 0.2) is 12.1 Å². The van der Waals surface area contributed by atoms with Gasteiger partial charge in [-0.25, -0.2) is 0 Å². The number of halogens is 4. The number of hydrogen-bond acceptors (Lipinski definition) is 0. The van der Waals surface area contributed by atoms with Crippen molar-refractivity contribution < 1.29 is 0 Å². The van der Waals surface area contributed by atoms with Gasteiger partial charge in [0.25, 0.3) is 0 Å². The molecule has 78 valence electrons. The third-order valence-electron chi connectivity index (χ3n) is 1.88. The van der Waals surface area contributed by atoms with Gasteiger partial charge in [-0.15, -0.1) is 0 Å². The highest BCUT2D eigenvalue weighted by Gasteiger charge is 2.14. The van der Waals surface area contributed by atoms with Gasteiger partial charge in [0.05, 0.1) is 0 Å². The molecule has 0 radical (unpaired) electrons. The molecule has 0 aliphatic carbocycles. The Morgan fingerprint density at radius 2 is 1.07 bits per heavy atom. The molecule has 1 rings (SSSR count). The molecule has 14 heavy (non-hydrogen) atoms. The fourth-order valence-electron chi connectivity index (χ4n) is 1.15. The molecule has 0 aliphatic rings. The van der Waals surface area contributed by atoms with Gasteiger partial charge in [-0.2, -0.15) is 0 Å². The van der Waals surface area contributed by atoms with E-state index >= 15 is 0 Å². The van der Waals surface area contributed by atoms with E-state index in [9.17, 15) is 0 Å². The van der Waals surface area contributed by atoms with Crippen molar-refractivity contribution in [3.63, 3.8) is 0 Å². The lowest BCUT2D eigenvalue weighted by Crippen LogP contribution is -2.11. The van der Waals surface area contributed by atoms with E-state index in [0.717, 1.165) is 21.7 Å². The fraction of sp³-hybridized carbons (Fsp3) is 0.250. The minimum Gasteiger partial charge on any atom is -0.0727 e. The summed E-state index contributed by atoms with van der Waals surface area (Å²) in [6, 6.07) is 3.94. The minimum absolute atomic E-state index is 0.981. The van der Waals surface area contributed by atoms with Crippen molar-refractivity contribution in [2.75, 3.05) is 0 Å². The lowest BCUT2D eigenvalue weighted by molar-refractivity contribution is 1.47. The average molecular weight is 308 g/mol. The van der Waals surface area contributed by atoms with E-state index in [1.165, 1.54) is 0 Å². The van der Waals surface area contributed by atoms with E-state index in [1.54, 1.807) is 0 Å². The number of aryl methyl sites for hydroxylation is 2. The van der Waals surface area contributed by atoms with Crippen molar-refractivity contribution in [3.8, 4) is 0 Å². The topological polar surface area (TPSA) is 0 Å². The first kappa shape index (κ1) is 13.3. The van der Waals surface area contributed by atoms with E-state index < -0.39 is 13.3 Å². The molecule has 1 aromatic rings. The standard InChI is InChI=1S/C8H8Cl4P2/c1-5-3-8(14(11)12)6(2)4-7(5)13(9)10/h3-4H,1-2H3. The van der Waals surface area contributed by atoms with Crippen LogP contribution in [0.25, 0.3) is 0 Å². The molecule has 0 saturated heterocycles. The Labute approximate surface area is 106 Å². The second-order valence-corrected chi connectivity index (χ2v) is 9.88. The van der Waals surface area contributed by atoms with Crippen LogP contribution < -0.4 is 10.6 Å². The van der Waals surface area contributed by atoms with Crippen LogP contribution in [0, 0.1) is 13.8 Å². The average Bonchev–Trinajstić information content (AvgIpc) is 2.07. The first-order valence-corrected chi connectivity index (χ1v) is 10.1. The van der Waals surface area contributed by atoms with Crippen LogP contribution in [0.5, 0.6) is 0 Å². The number of hydrogen-bond donors (Lipinski definition) is 0. The monoisotopic (exact) mass is 306 g/mol. The van der Waals surface area contributed by atoms with Crippen LogP contribution in [0.3, 0.4) is 0 Å². The van der Waals surface area contributed by atoms with Crippen molar-refractivity contribution >= 4 is 68.8 Å². The zero-order chi connectivity index (χ0) is 10.9. The maximum Gasteiger partial charge on any atom is 0.117 e. The maximum absolute atomic E-state index is 5.88. The van der Waals surface area contributed by atoms with E-state index in [2.05, 4.69) is 0 Å². The Morgan fingerprint density at radius 1 is 0.786 bits per heavy atom. The van der Waals surface area contributed by atoms with Crippen LogP contribution in [0.2, 0.25) is 0 Å². The molecule has 0 nitrogen and oxygen atoms in total. The normalized spacial score (nSPS) is 11.4. The molecular formula is C8H8Cl4P2. The van der Waals surface area contributed by atoms with Gasteiger partial charge in [0.2, 0.25) is 0 Å². The summed E-state index contributed by atoms with van der Waals surface area (Å²) in [6.45, 7) is 1.73. The lowest BCUT2D eigenvalue weighted by Gasteiger charge is -2.12. The Hall–Kier alpha value is 1.24. The highest BCUT2D eigenvalue weighted by molar-refractivity contribution is 8.09. The summed E-state index contributed by atoms with van der Waals surface area (Å²) in [5, 5.41) is 1.96. The highest BCUT2D eigenvalue weighted by atomic mass is 35.9. The summed E-state index contributed by atoms with van der Waals surface area (Å²) in [5.74, 6) is 0. The van der Waals surface area contributed by atoms with Gasteiger partial charge in [0.15, 0.2) is 0 Å². The molecule has 0 aromatic heterocycles. The molecule has 0 spiro atoms. The highest BCUT2D eigenvalue weighted by Crippen LogP contribution is 2.49. The van der Waals surface area contributed by atoms with E-state index in [4.69, 9.17) is 45.0 Å². The first-order valence-electron chi connectivity index (χ1n) is 3.78. The first-order chi connectivity index (χ1) is 6.43. The molecule has 1 aromatic carbocycles. The van der Waals surface area contributed by atoms with E-state index in [0.29, 0.717) is 0 Å². The second kappa shape index (κ2) is 5.53. The molecule has 0 heterocycles. The van der Waals surface area contributed by atoms with Gasteiger partial charge < -0.3 is 0 Å². The minimum atomic E-state index is -1.10. The zero-order valence-corrected chi connectivity index (χ0v) is 12.4. The van der Waals surface area contributed by atoms with Gasteiger partial charge in [0.1, 0.15) is 13.3 Å². The van der Waals surface area contributed by atoms with Crippen LogP contribution in [-0.2, 0) is 0 Å². The summed E-state index contributed by atoms with van der Waals surface area (Å²) >= 11 is 23.5. The van der Waals surface area contributed by atoms with Crippen molar-refractivity contribution in [3.05, 3.63) is 23.3 Å². The SMILES string of the molecule is Cc1cc(P(Cl)Cl)c(C)cc1P(Cl)Cl.